The Kier molecular flexibility index (Phi) is 5.60. The molecule has 3 rings (SSSR count). The van der Waals surface area contributed by atoms with Crippen molar-refractivity contribution in [1.29, 1.82) is 0 Å². The summed E-state index contributed by atoms with van der Waals surface area (Å²) in [5, 5.41) is 13.1. The number of halogens is 1. The molecular weight excluding hydrogens is 384 g/mol. The molecular formula is C20H23ClN2O3S. The van der Waals surface area contributed by atoms with Crippen LogP contribution in [0.2, 0.25) is 5.02 Å². The zero-order valence-corrected chi connectivity index (χ0v) is 17.5. The van der Waals surface area contributed by atoms with Gasteiger partial charge in [-0.1, -0.05) is 23.4 Å². The molecule has 0 saturated heterocycles. The molecule has 0 amide bonds. The maximum Gasteiger partial charge on any atom is 0.342 e. The van der Waals surface area contributed by atoms with Crippen molar-refractivity contribution >= 4 is 40.1 Å². The number of aliphatic imine (C=N–C) groups is 1. The summed E-state index contributed by atoms with van der Waals surface area (Å²) in [6.07, 6.45) is 2.29. The summed E-state index contributed by atoms with van der Waals surface area (Å²) in [7, 11) is 2.13. The highest BCUT2D eigenvalue weighted by molar-refractivity contribution is 7.16. The quantitative estimate of drug-likeness (QED) is 0.629. The Labute approximate surface area is 168 Å². The maximum atomic E-state index is 12.8. The van der Waals surface area contributed by atoms with Gasteiger partial charge in [0.15, 0.2) is 0 Å². The fourth-order valence-corrected chi connectivity index (χ4v) is 4.46. The highest BCUT2D eigenvalue weighted by Crippen LogP contribution is 2.38. The summed E-state index contributed by atoms with van der Waals surface area (Å²) in [6.45, 7) is 7.36. The second-order valence-corrected chi connectivity index (χ2v) is 9.28. The molecule has 1 unspecified atom stereocenters. The zero-order valence-electron chi connectivity index (χ0n) is 15.9. The molecule has 144 valence electrons. The van der Waals surface area contributed by atoms with Gasteiger partial charge < -0.3 is 14.7 Å². The number of hydrogen-bond donors (Lipinski definition) is 1. The van der Waals surface area contributed by atoms with Crippen LogP contribution in [0.3, 0.4) is 0 Å². The average molecular weight is 407 g/mol. The first kappa shape index (κ1) is 19.9. The SMILES string of the molecule is C[NH+]1CCc2c(sc(/N=C/c3cc(Cl)ccc3[O-])c2C(=O)OC(C)(C)C)C1. The van der Waals surface area contributed by atoms with Gasteiger partial charge in [-0.2, -0.15) is 0 Å². The van der Waals surface area contributed by atoms with E-state index < -0.39 is 5.60 Å². The van der Waals surface area contributed by atoms with Crippen molar-refractivity contribution in [1.82, 2.24) is 0 Å². The third-order valence-electron chi connectivity index (χ3n) is 4.23. The zero-order chi connectivity index (χ0) is 19.8. The molecule has 0 bridgehead atoms. The van der Waals surface area contributed by atoms with E-state index in [1.165, 1.54) is 28.5 Å². The molecule has 1 aliphatic rings. The van der Waals surface area contributed by atoms with Gasteiger partial charge in [-0.3, -0.25) is 0 Å². The molecule has 0 aliphatic carbocycles. The number of rotatable bonds is 3. The van der Waals surface area contributed by atoms with Crippen LogP contribution in [-0.2, 0) is 17.7 Å². The minimum Gasteiger partial charge on any atom is -0.872 e. The topological polar surface area (TPSA) is 66.2 Å². The van der Waals surface area contributed by atoms with E-state index in [9.17, 15) is 9.90 Å². The lowest BCUT2D eigenvalue weighted by molar-refractivity contribution is -0.895. The summed E-state index contributed by atoms with van der Waals surface area (Å²) < 4.78 is 5.61. The van der Waals surface area contributed by atoms with Gasteiger partial charge in [-0.25, -0.2) is 9.79 Å². The number of carbonyl (C=O) groups is 1. The molecule has 1 aromatic carbocycles. The fourth-order valence-electron chi connectivity index (χ4n) is 2.98. The molecule has 0 spiro atoms. The Morgan fingerprint density at radius 2 is 2.15 bits per heavy atom. The van der Waals surface area contributed by atoms with Crippen LogP contribution >= 0.6 is 22.9 Å². The normalized spacial score (nSPS) is 17.1. The van der Waals surface area contributed by atoms with Crippen LogP contribution in [-0.4, -0.2) is 31.4 Å². The Morgan fingerprint density at radius 3 is 2.85 bits per heavy atom. The number of ether oxygens (including phenoxy) is 1. The van der Waals surface area contributed by atoms with Crippen LogP contribution in [0.25, 0.3) is 0 Å². The van der Waals surface area contributed by atoms with Crippen LogP contribution < -0.4 is 10.0 Å². The Hall–Kier alpha value is -1.89. The predicted molar refractivity (Wildman–Crippen MR) is 107 cm³/mol. The number of nitrogens with one attached hydrogen (secondary N) is 1. The van der Waals surface area contributed by atoms with Crippen molar-refractivity contribution in [2.75, 3.05) is 13.6 Å². The van der Waals surface area contributed by atoms with Crippen molar-refractivity contribution in [3.63, 3.8) is 0 Å². The second kappa shape index (κ2) is 7.62. The largest absolute Gasteiger partial charge is 0.872 e. The Balaban J connectivity index is 2.02. The van der Waals surface area contributed by atoms with Crippen molar-refractivity contribution in [2.45, 2.75) is 39.3 Å². The highest BCUT2D eigenvalue weighted by atomic mass is 35.5. The van der Waals surface area contributed by atoms with Crippen molar-refractivity contribution < 1.29 is 19.5 Å². The average Bonchev–Trinajstić information content (AvgIpc) is 2.91. The minimum atomic E-state index is -0.585. The van der Waals surface area contributed by atoms with Gasteiger partial charge in [0.25, 0.3) is 0 Å². The van der Waals surface area contributed by atoms with Gasteiger partial charge in [0.1, 0.15) is 22.7 Å². The molecule has 2 aromatic rings. The molecule has 0 saturated carbocycles. The molecule has 0 radical (unpaired) electrons. The van der Waals surface area contributed by atoms with E-state index in [1.807, 2.05) is 20.8 Å². The standard InChI is InChI=1S/C20H23ClN2O3S/c1-20(2,3)26-19(25)17-14-7-8-23(4)11-16(14)27-18(17)22-10-12-9-13(21)5-6-15(12)24/h5-6,9-10,24H,7-8,11H2,1-4H3/b22-10+. The lowest BCUT2D eigenvalue weighted by atomic mass is 10.0. The van der Waals surface area contributed by atoms with Crippen molar-refractivity contribution in [3.05, 3.63) is 44.8 Å². The van der Waals surface area contributed by atoms with E-state index in [4.69, 9.17) is 16.3 Å². The van der Waals surface area contributed by atoms with E-state index in [2.05, 4.69) is 12.0 Å². The van der Waals surface area contributed by atoms with Gasteiger partial charge in [0.2, 0.25) is 0 Å². The third kappa shape index (κ3) is 4.69. The van der Waals surface area contributed by atoms with Crippen LogP contribution in [0.15, 0.2) is 23.2 Å². The number of carbonyl (C=O) groups excluding carboxylic acids is 1. The number of benzene rings is 1. The molecule has 5 nitrogen and oxygen atoms in total. The van der Waals surface area contributed by atoms with Crippen LogP contribution in [0.1, 0.15) is 47.1 Å². The number of nitrogens with zero attached hydrogens (tertiary/aromatic N) is 1. The van der Waals surface area contributed by atoms with Crippen LogP contribution in [0.5, 0.6) is 5.75 Å². The number of fused-ring (bicyclic) bond motifs is 1. The van der Waals surface area contributed by atoms with E-state index in [1.54, 1.807) is 12.1 Å². The van der Waals surface area contributed by atoms with Crippen LogP contribution in [0.4, 0.5) is 5.00 Å². The van der Waals surface area contributed by atoms with Crippen molar-refractivity contribution in [3.8, 4) is 5.75 Å². The predicted octanol–water partition coefficient (Wildman–Crippen LogP) is 2.75. The first-order valence-corrected chi connectivity index (χ1v) is 10.0. The smallest absolute Gasteiger partial charge is 0.342 e. The first-order chi connectivity index (χ1) is 12.6. The third-order valence-corrected chi connectivity index (χ3v) is 5.61. The summed E-state index contributed by atoms with van der Waals surface area (Å²) in [5.41, 5.74) is 1.37. The molecule has 1 aliphatic heterocycles. The molecule has 2 heterocycles. The number of likely N-dealkylation sites (N-methyl/N-ethyl adjacent to an activating group) is 1. The minimum absolute atomic E-state index is 0.160. The number of esters is 1. The Morgan fingerprint density at radius 1 is 1.41 bits per heavy atom. The van der Waals surface area contributed by atoms with Gasteiger partial charge in [-0.15, -0.1) is 11.3 Å². The maximum absolute atomic E-state index is 12.8. The monoisotopic (exact) mass is 406 g/mol. The van der Waals surface area contributed by atoms with E-state index in [-0.39, 0.29) is 11.7 Å². The summed E-state index contributed by atoms with van der Waals surface area (Å²) in [6, 6.07) is 4.54. The second-order valence-electron chi connectivity index (χ2n) is 7.76. The van der Waals surface area contributed by atoms with E-state index in [0.717, 1.165) is 30.0 Å². The Bertz CT molecular complexity index is 899. The summed E-state index contributed by atoms with van der Waals surface area (Å²) >= 11 is 7.47. The lowest BCUT2D eigenvalue weighted by Crippen LogP contribution is -3.08. The number of hydrogen-bond acceptors (Lipinski definition) is 5. The van der Waals surface area contributed by atoms with Gasteiger partial charge in [0.05, 0.1) is 18.5 Å². The van der Waals surface area contributed by atoms with Crippen molar-refractivity contribution in [2.24, 2.45) is 4.99 Å². The molecule has 1 atom stereocenters. The van der Waals surface area contributed by atoms with E-state index in [0.29, 0.717) is 21.2 Å². The van der Waals surface area contributed by atoms with Gasteiger partial charge in [-0.05, 0) is 44.0 Å². The van der Waals surface area contributed by atoms with Gasteiger partial charge >= 0.3 is 5.97 Å². The summed E-state index contributed by atoms with van der Waals surface area (Å²) in [5.74, 6) is -0.521. The highest BCUT2D eigenvalue weighted by Gasteiger charge is 2.31. The fraction of sp³-hybridized carbons (Fsp3) is 0.400. The summed E-state index contributed by atoms with van der Waals surface area (Å²) in [4.78, 5) is 19.9. The van der Waals surface area contributed by atoms with E-state index >= 15 is 0 Å². The molecule has 1 aromatic heterocycles. The molecule has 27 heavy (non-hydrogen) atoms. The lowest BCUT2D eigenvalue weighted by Gasteiger charge is -2.22. The van der Waals surface area contributed by atoms with Crippen LogP contribution in [0, 0.1) is 0 Å². The molecule has 1 N–H and O–H groups in total. The molecule has 0 fully saturated rings. The molecule has 7 heteroatoms. The number of quaternary nitrogens is 1. The van der Waals surface area contributed by atoms with Gasteiger partial charge in [0, 0.05) is 17.7 Å². The first-order valence-electron chi connectivity index (χ1n) is 8.84. The number of thiophene rings is 1.